The Bertz CT molecular complexity index is 414. The zero-order chi connectivity index (χ0) is 11.5. The molecule has 3 nitrogen and oxygen atoms in total. The first-order valence-corrected chi connectivity index (χ1v) is 6.48. The highest BCUT2D eigenvalue weighted by Crippen LogP contribution is 2.37. The van der Waals surface area contributed by atoms with Crippen LogP contribution in [0.2, 0.25) is 5.02 Å². The van der Waals surface area contributed by atoms with E-state index in [-0.39, 0.29) is 30.9 Å². The van der Waals surface area contributed by atoms with Crippen molar-refractivity contribution in [2.75, 3.05) is 12.3 Å². The number of carbonyl (C=O) groups excluding carboxylic acids is 1. The number of carbonyl (C=O) groups is 1. The van der Waals surface area contributed by atoms with Crippen LogP contribution >= 0.6 is 35.8 Å². The summed E-state index contributed by atoms with van der Waals surface area (Å²) in [6.45, 7) is 0.0273. The summed E-state index contributed by atoms with van der Waals surface area (Å²) < 4.78 is 0. The van der Waals surface area contributed by atoms with E-state index in [0.717, 1.165) is 17.7 Å². The van der Waals surface area contributed by atoms with Crippen LogP contribution in [0.3, 0.4) is 0 Å². The third kappa shape index (κ3) is 3.52. The molecule has 0 aromatic heterocycles. The maximum absolute atomic E-state index is 11.3. The minimum absolute atomic E-state index is 0. The number of halogens is 2. The van der Waals surface area contributed by atoms with Gasteiger partial charge in [-0.3, -0.25) is 4.79 Å². The summed E-state index contributed by atoms with van der Waals surface area (Å²) in [5.41, 5.74) is 6.40. The Morgan fingerprint density at radius 2 is 2.35 bits per heavy atom. The highest BCUT2D eigenvalue weighted by molar-refractivity contribution is 7.99. The van der Waals surface area contributed by atoms with Gasteiger partial charge in [-0.1, -0.05) is 11.6 Å². The van der Waals surface area contributed by atoms with Gasteiger partial charge in [0.25, 0.3) is 0 Å². The molecule has 1 aromatic carbocycles. The number of nitrogens with two attached hydrogens (primary N) is 1. The lowest BCUT2D eigenvalue weighted by atomic mass is 10.0. The van der Waals surface area contributed by atoms with Crippen LogP contribution in [0.4, 0.5) is 0 Å². The molecular weight excluding hydrogens is 279 g/mol. The molecule has 0 fully saturated rings. The van der Waals surface area contributed by atoms with E-state index in [2.05, 4.69) is 5.32 Å². The fourth-order valence-corrected chi connectivity index (χ4v) is 3.05. The zero-order valence-electron chi connectivity index (χ0n) is 9.11. The topological polar surface area (TPSA) is 55.1 Å². The second-order valence-corrected chi connectivity index (χ2v) is 5.22. The highest BCUT2D eigenvalue weighted by atomic mass is 35.5. The van der Waals surface area contributed by atoms with Gasteiger partial charge < -0.3 is 11.1 Å². The third-order valence-corrected chi connectivity index (χ3v) is 3.89. The number of fused-ring (bicyclic) bond motifs is 1. The van der Waals surface area contributed by atoms with Crippen molar-refractivity contribution in [1.82, 2.24) is 5.32 Å². The SMILES string of the molecule is Cl.NCC(=O)NC1CCSc2ccc(Cl)cc21. The minimum atomic E-state index is -0.122. The Morgan fingerprint density at radius 3 is 3.06 bits per heavy atom. The number of hydrogen-bond donors (Lipinski definition) is 2. The molecule has 3 N–H and O–H groups in total. The van der Waals surface area contributed by atoms with Crippen LogP contribution in [0.5, 0.6) is 0 Å². The quantitative estimate of drug-likeness (QED) is 0.880. The number of rotatable bonds is 2. The molecule has 0 radical (unpaired) electrons. The van der Waals surface area contributed by atoms with E-state index in [1.807, 2.05) is 18.2 Å². The Labute approximate surface area is 116 Å². The van der Waals surface area contributed by atoms with Crippen LogP contribution in [-0.2, 0) is 4.79 Å². The second kappa shape index (κ2) is 6.50. The predicted octanol–water partition coefficient (Wildman–Crippen LogP) is 2.37. The Kier molecular flexibility index (Phi) is 5.59. The van der Waals surface area contributed by atoms with Crippen molar-refractivity contribution in [2.24, 2.45) is 5.73 Å². The summed E-state index contributed by atoms with van der Waals surface area (Å²) in [7, 11) is 0. The average Bonchev–Trinajstić information content (AvgIpc) is 2.29. The van der Waals surface area contributed by atoms with Crippen LogP contribution in [-0.4, -0.2) is 18.2 Å². The summed E-state index contributed by atoms with van der Waals surface area (Å²) in [6, 6.07) is 5.85. The molecule has 1 unspecified atom stereocenters. The average molecular weight is 293 g/mol. The first kappa shape index (κ1) is 14.6. The number of nitrogens with one attached hydrogen (secondary N) is 1. The molecule has 0 aliphatic carbocycles. The monoisotopic (exact) mass is 292 g/mol. The summed E-state index contributed by atoms with van der Waals surface area (Å²) in [5.74, 6) is 0.882. The fraction of sp³-hybridized carbons (Fsp3) is 0.364. The van der Waals surface area contributed by atoms with Crippen molar-refractivity contribution in [2.45, 2.75) is 17.4 Å². The molecule has 1 aromatic rings. The normalized spacial score (nSPS) is 17.9. The van der Waals surface area contributed by atoms with Gasteiger partial charge in [-0.25, -0.2) is 0 Å². The summed E-state index contributed by atoms with van der Waals surface area (Å²) in [4.78, 5) is 12.5. The Balaban J connectivity index is 0.00000144. The Morgan fingerprint density at radius 1 is 1.59 bits per heavy atom. The van der Waals surface area contributed by atoms with E-state index in [4.69, 9.17) is 17.3 Å². The van der Waals surface area contributed by atoms with Crippen LogP contribution in [0.1, 0.15) is 18.0 Å². The van der Waals surface area contributed by atoms with Gasteiger partial charge >= 0.3 is 0 Å². The molecule has 94 valence electrons. The van der Waals surface area contributed by atoms with E-state index >= 15 is 0 Å². The van der Waals surface area contributed by atoms with Crippen LogP contribution in [0.25, 0.3) is 0 Å². The van der Waals surface area contributed by atoms with E-state index in [0.29, 0.717) is 5.02 Å². The van der Waals surface area contributed by atoms with Gasteiger partial charge in [-0.05, 0) is 30.2 Å². The highest BCUT2D eigenvalue weighted by Gasteiger charge is 2.21. The lowest BCUT2D eigenvalue weighted by molar-refractivity contribution is -0.120. The van der Waals surface area contributed by atoms with Crippen molar-refractivity contribution in [3.05, 3.63) is 28.8 Å². The maximum Gasteiger partial charge on any atom is 0.234 e. The second-order valence-electron chi connectivity index (χ2n) is 3.64. The van der Waals surface area contributed by atoms with E-state index in [1.54, 1.807) is 11.8 Å². The largest absolute Gasteiger partial charge is 0.348 e. The summed E-state index contributed by atoms with van der Waals surface area (Å²) in [5, 5.41) is 3.62. The number of benzene rings is 1. The van der Waals surface area contributed by atoms with E-state index < -0.39 is 0 Å². The van der Waals surface area contributed by atoms with Gasteiger partial charge in [0.2, 0.25) is 5.91 Å². The molecule has 1 aliphatic heterocycles. The molecule has 1 amide bonds. The molecule has 0 saturated carbocycles. The molecule has 0 spiro atoms. The van der Waals surface area contributed by atoms with Crippen molar-refractivity contribution in [1.29, 1.82) is 0 Å². The zero-order valence-corrected chi connectivity index (χ0v) is 11.5. The smallest absolute Gasteiger partial charge is 0.234 e. The van der Waals surface area contributed by atoms with Crippen LogP contribution < -0.4 is 11.1 Å². The van der Waals surface area contributed by atoms with Crippen molar-refractivity contribution < 1.29 is 4.79 Å². The summed E-state index contributed by atoms with van der Waals surface area (Å²) >= 11 is 7.76. The van der Waals surface area contributed by atoms with Crippen molar-refractivity contribution >= 4 is 41.7 Å². The molecule has 1 atom stereocenters. The van der Waals surface area contributed by atoms with E-state index in [1.165, 1.54) is 4.90 Å². The van der Waals surface area contributed by atoms with Crippen LogP contribution in [0.15, 0.2) is 23.1 Å². The minimum Gasteiger partial charge on any atom is -0.348 e. The van der Waals surface area contributed by atoms with Crippen molar-refractivity contribution in [3.63, 3.8) is 0 Å². The van der Waals surface area contributed by atoms with Gasteiger partial charge in [0.1, 0.15) is 0 Å². The molecule has 6 heteroatoms. The number of thioether (sulfide) groups is 1. The molecule has 1 heterocycles. The predicted molar refractivity (Wildman–Crippen MR) is 74.0 cm³/mol. The molecule has 2 rings (SSSR count). The van der Waals surface area contributed by atoms with Gasteiger partial charge in [-0.15, -0.1) is 24.2 Å². The molecule has 17 heavy (non-hydrogen) atoms. The number of amides is 1. The third-order valence-electron chi connectivity index (χ3n) is 2.53. The molecule has 0 saturated heterocycles. The van der Waals surface area contributed by atoms with Gasteiger partial charge in [0.05, 0.1) is 12.6 Å². The van der Waals surface area contributed by atoms with Crippen molar-refractivity contribution in [3.8, 4) is 0 Å². The fourth-order valence-electron chi connectivity index (χ4n) is 1.77. The Hall–Kier alpha value is -0.420. The van der Waals surface area contributed by atoms with Crippen LogP contribution in [0, 0.1) is 0 Å². The maximum atomic E-state index is 11.3. The van der Waals surface area contributed by atoms with Gasteiger partial charge in [0.15, 0.2) is 0 Å². The standard InChI is InChI=1S/C11H13ClN2OS.ClH/c12-7-1-2-10-8(5-7)9(3-4-16-10)14-11(15)6-13;/h1-2,5,9H,3-4,6,13H2,(H,14,15);1H. The molecule has 0 bridgehead atoms. The lowest BCUT2D eigenvalue weighted by Gasteiger charge is -2.25. The first-order chi connectivity index (χ1) is 7.70. The number of hydrogen-bond acceptors (Lipinski definition) is 3. The van der Waals surface area contributed by atoms with Gasteiger partial charge in [-0.2, -0.15) is 0 Å². The summed E-state index contributed by atoms with van der Waals surface area (Å²) in [6.07, 6.45) is 0.920. The van der Waals surface area contributed by atoms with Gasteiger partial charge in [0, 0.05) is 15.7 Å². The lowest BCUT2D eigenvalue weighted by Crippen LogP contribution is -2.35. The molecular formula is C11H14Cl2N2OS. The molecule has 1 aliphatic rings. The van der Waals surface area contributed by atoms with E-state index in [9.17, 15) is 4.79 Å². The first-order valence-electron chi connectivity index (χ1n) is 5.12.